The summed E-state index contributed by atoms with van der Waals surface area (Å²) in [4.78, 5) is 29.3. The highest BCUT2D eigenvalue weighted by atomic mass is 16.4. The fraction of sp³-hybridized carbons (Fsp3) is 0.867. The number of carbonyl (C=O) groups excluding carboxylic acids is 1. The number of likely N-dealkylation sites (tertiary alicyclic amines) is 2. The van der Waals surface area contributed by atoms with Crippen molar-refractivity contribution in [3.05, 3.63) is 0 Å². The van der Waals surface area contributed by atoms with Crippen LogP contribution in [0.1, 0.15) is 33.1 Å². The predicted molar refractivity (Wildman–Crippen MR) is 80.2 cm³/mol. The zero-order valence-corrected chi connectivity index (χ0v) is 13.1. The Morgan fingerprint density at radius 2 is 1.90 bits per heavy atom. The first-order valence-electron chi connectivity index (χ1n) is 7.97. The van der Waals surface area contributed by atoms with Gasteiger partial charge in [0.05, 0.1) is 0 Å². The molecule has 0 spiro atoms. The molecule has 0 radical (unpaired) electrons. The lowest BCUT2D eigenvalue weighted by Crippen LogP contribution is -2.47. The van der Waals surface area contributed by atoms with Crippen molar-refractivity contribution in [2.75, 3.05) is 39.3 Å². The van der Waals surface area contributed by atoms with E-state index in [2.05, 4.69) is 4.90 Å². The van der Waals surface area contributed by atoms with Gasteiger partial charge in [0.25, 0.3) is 0 Å². The standard InChI is InChI=1S/C15H27N3O3/c1-12(2)9-18(11-14(19)20)15(21)17-8-5-13(10-17)16-6-3-4-7-16/h12-13H,3-11H2,1-2H3,(H,19,20). The molecule has 2 rings (SSSR count). The van der Waals surface area contributed by atoms with Crippen molar-refractivity contribution in [2.24, 2.45) is 5.92 Å². The van der Waals surface area contributed by atoms with Crippen LogP contribution in [-0.4, -0.2) is 77.1 Å². The van der Waals surface area contributed by atoms with Crippen molar-refractivity contribution in [1.82, 2.24) is 14.7 Å². The van der Waals surface area contributed by atoms with E-state index in [0.717, 1.165) is 32.6 Å². The Bertz CT molecular complexity index is 380. The predicted octanol–water partition coefficient (Wildman–Crippen LogP) is 1.32. The summed E-state index contributed by atoms with van der Waals surface area (Å²) in [6.45, 7) is 8.05. The minimum absolute atomic E-state index is 0.118. The van der Waals surface area contributed by atoms with E-state index < -0.39 is 5.97 Å². The number of carboxylic acid groups (broad SMARTS) is 1. The Balaban J connectivity index is 1.92. The van der Waals surface area contributed by atoms with Crippen LogP contribution in [0.3, 0.4) is 0 Å². The van der Waals surface area contributed by atoms with E-state index in [1.54, 1.807) is 0 Å². The summed E-state index contributed by atoms with van der Waals surface area (Å²) in [5, 5.41) is 8.99. The number of carboxylic acids is 1. The number of hydrogen-bond acceptors (Lipinski definition) is 3. The van der Waals surface area contributed by atoms with E-state index in [1.165, 1.54) is 17.7 Å². The second kappa shape index (κ2) is 7.11. The van der Waals surface area contributed by atoms with Crippen LogP contribution >= 0.6 is 0 Å². The maximum atomic E-state index is 12.5. The summed E-state index contributed by atoms with van der Waals surface area (Å²) in [5.74, 6) is -0.676. The number of aliphatic carboxylic acids is 1. The van der Waals surface area contributed by atoms with Crippen molar-refractivity contribution in [3.8, 4) is 0 Å². The Morgan fingerprint density at radius 1 is 1.24 bits per heavy atom. The molecule has 2 fully saturated rings. The minimum atomic E-state index is -0.945. The molecule has 0 aromatic carbocycles. The number of rotatable bonds is 5. The normalized spacial score (nSPS) is 23.0. The summed E-state index contributed by atoms with van der Waals surface area (Å²) in [7, 11) is 0. The molecule has 0 saturated carbocycles. The molecule has 0 aromatic heterocycles. The fourth-order valence-electron chi connectivity index (χ4n) is 3.33. The highest BCUT2D eigenvalue weighted by Crippen LogP contribution is 2.21. The van der Waals surface area contributed by atoms with E-state index in [9.17, 15) is 9.59 Å². The van der Waals surface area contributed by atoms with Gasteiger partial charge in [0.1, 0.15) is 6.54 Å². The zero-order valence-electron chi connectivity index (χ0n) is 13.1. The molecule has 2 saturated heterocycles. The van der Waals surface area contributed by atoms with Gasteiger partial charge in [-0.1, -0.05) is 13.8 Å². The molecular formula is C15H27N3O3. The lowest BCUT2D eigenvalue weighted by molar-refractivity contribution is -0.137. The quantitative estimate of drug-likeness (QED) is 0.831. The molecule has 1 atom stereocenters. The first-order chi connectivity index (χ1) is 9.97. The average Bonchev–Trinajstić information content (AvgIpc) is 3.06. The third-order valence-electron chi connectivity index (χ3n) is 4.27. The monoisotopic (exact) mass is 297 g/mol. The van der Waals surface area contributed by atoms with Gasteiger partial charge >= 0.3 is 12.0 Å². The third kappa shape index (κ3) is 4.33. The average molecular weight is 297 g/mol. The number of amides is 2. The molecule has 2 heterocycles. The molecular weight excluding hydrogens is 270 g/mol. The van der Waals surface area contributed by atoms with Gasteiger partial charge in [-0.05, 0) is 38.3 Å². The Morgan fingerprint density at radius 3 is 2.48 bits per heavy atom. The summed E-state index contributed by atoms with van der Waals surface area (Å²) in [5.41, 5.74) is 0. The lowest BCUT2D eigenvalue weighted by atomic mass is 10.2. The van der Waals surface area contributed by atoms with Crippen LogP contribution in [0.5, 0.6) is 0 Å². The van der Waals surface area contributed by atoms with Crippen molar-refractivity contribution in [2.45, 2.75) is 39.2 Å². The summed E-state index contributed by atoms with van der Waals surface area (Å²) < 4.78 is 0. The highest BCUT2D eigenvalue weighted by molar-refractivity contribution is 5.80. The number of urea groups is 1. The largest absolute Gasteiger partial charge is 0.480 e. The SMILES string of the molecule is CC(C)CN(CC(=O)O)C(=O)N1CCC(N2CCCC2)C1. The van der Waals surface area contributed by atoms with Crippen LogP contribution < -0.4 is 0 Å². The van der Waals surface area contributed by atoms with Crippen LogP contribution in [0.2, 0.25) is 0 Å². The molecule has 6 nitrogen and oxygen atoms in total. The molecule has 0 aromatic rings. The first kappa shape index (κ1) is 16.1. The first-order valence-corrected chi connectivity index (χ1v) is 7.97. The molecule has 0 bridgehead atoms. The van der Waals surface area contributed by atoms with Gasteiger partial charge in [-0.15, -0.1) is 0 Å². The van der Waals surface area contributed by atoms with E-state index in [0.29, 0.717) is 12.6 Å². The summed E-state index contributed by atoms with van der Waals surface area (Å²) in [6.07, 6.45) is 3.51. The molecule has 21 heavy (non-hydrogen) atoms. The van der Waals surface area contributed by atoms with Gasteiger partial charge in [0, 0.05) is 25.7 Å². The Hall–Kier alpha value is -1.30. The van der Waals surface area contributed by atoms with Gasteiger partial charge in [-0.25, -0.2) is 4.79 Å². The maximum absolute atomic E-state index is 12.5. The van der Waals surface area contributed by atoms with Gasteiger partial charge in [0.2, 0.25) is 0 Å². The van der Waals surface area contributed by atoms with E-state index >= 15 is 0 Å². The van der Waals surface area contributed by atoms with Gasteiger partial charge in [0.15, 0.2) is 0 Å². The number of nitrogens with zero attached hydrogens (tertiary/aromatic N) is 3. The van der Waals surface area contributed by atoms with Gasteiger partial charge in [-0.3, -0.25) is 9.69 Å². The van der Waals surface area contributed by atoms with Crippen molar-refractivity contribution < 1.29 is 14.7 Å². The topological polar surface area (TPSA) is 64.1 Å². The third-order valence-corrected chi connectivity index (χ3v) is 4.27. The molecule has 6 heteroatoms. The second-order valence-corrected chi connectivity index (χ2v) is 6.58. The zero-order chi connectivity index (χ0) is 15.4. The molecule has 2 aliphatic rings. The van der Waals surface area contributed by atoms with E-state index in [1.807, 2.05) is 18.7 Å². The molecule has 1 unspecified atom stereocenters. The van der Waals surface area contributed by atoms with Crippen LogP contribution in [0, 0.1) is 5.92 Å². The Kier molecular flexibility index (Phi) is 5.45. The van der Waals surface area contributed by atoms with Gasteiger partial charge < -0.3 is 14.9 Å². The van der Waals surface area contributed by atoms with Crippen LogP contribution in [0.25, 0.3) is 0 Å². The van der Waals surface area contributed by atoms with Crippen molar-refractivity contribution >= 4 is 12.0 Å². The van der Waals surface area contributed by atoms with Crippen LogP contribution in [0.15, 0.2) is 0 Å². The smallest absolute Gasteiger partial charge is 0.323 e. The Labute approximate surface area is 126 Å². The van der Waals surface area contributed by atoms with Crippen molar-refractivity contribution in [1.29, 1.82) is 0 Å². The number of carbonyl (C=O) groups is 2. The van der Waals surface area contributed by atoms with Crippen LogP contribution in [-0.2, 0) is 4.79 Å². The summed E-state index contributed by atoms with van der Waals surface area (Å²) in [6, 6.07) is 0.343. The lowest BCUT2D eigenvalue weighted by Gasteiger charge is -2.29. The maximum Gasteiger partial charge on any atom is 0.323 e. The number of hydrogen-bond donors (Lipinski definition) is 1. The molecule has 1 N–H and O–H groups in total. The fourth-order valence-corrected chi connectivity index (χ4v) is 3.33. The second-order valence-electron chi connectivity index (χ2n) is 6.58. The molecule has 0 aliphatic carbocycles. The van der Waals surface area contributed by atoms with E-state index in [-0.39, 0.29) is 18.5 Å². The summed E-state index contributed by atoms with van der Waals surface area (Å²) >= 11 is 0. The van der Waals surface area contributed by atoms with E-state index in [4.69, 9.17) is 5.11 Å². The van der Waals surface area contributed by atoms with Gasteiger partial charge in [-0.2, -0.15) is 0 Å². The molecule has 2 amide bonds. The molecule has 2 aliphatic heterocycles. The van der Waals surface area contributed by atoms with Crippen molar-refractivity contribution in [3.63, 3.8) is 0 Å². The highest BCUT2D eigenvalue weighted by Gasteiger charge is 2.33. The molecule has 120 valence electrons. The minimum Gasteiger partial charge on any atom is -0.480 e. The van der Waals surface area contributed by atoms with Crippen LogP contribution in [0.4, 0.5) is 4.79 Å².